The second kappa shape index (κ2) is 6.55. The Morgan fingerprint density at radius 1 is 0.962 bits per heavy atom. The molecule has 0 fully saturated rings. The van der Waals surface area contributed by atoms with Crippen molar-refractivity contribution in [1.82, 2.24) is 15.0 Å². The second-order valence-corrected chi connectivity index (χ2v) is 6.39. The van der Waals surface area contributed by atoms with Crippen LogP contribution in [-0.2, 0) is 0 Å². The number of nitrogens with zero attached hydrogens (tertiary/aromatic N) is 2. The number of nitrogens with one attached hydrogen (secondary N) is 2. The molecule has 0 radical (unpaired) electrons. The number of hydrogen-bond acceptors (Lipinski definition) is 5. The summed E-state index contributed by atoms with van der Waals surface area (Å²) in [5.74, 6) is 1.90. The summed E-state index contributed by atoms with van der Waals surface area (Å²) in [4.78, 5) is 12.1. The number of methoxy groups -OCH3 is 2. The van der Waals surface area contributed by atoms with E-state index in [2.05, 4.69) is 20.3 Å². The highest BCUT2D eigenvalue weighted by atomic mass is 35.5. The minimum atomic E-state index is 0.466. The van der Waals surface area contributed by atoms with Crippen molar-refractivity contribution in [2.24, 2.45) is 0 Å². The highest BCUT2D eigenvalue weighted by Crippen LogP contribution is 2.37. The molecule has 0 saturated carbocycles. The molecular weight excluding hydrogens is 375 g/mol. The Morgan fingerprint density at radius 3 is 2.46 bits per heavy atom. The van der Waals surface area contributed by atoms with Gasteiger partial charge >= 0.3 is 0 Å². The highest BCUT2D eigenvalue weighted by Gasteiger charge is 2.15. The summed E-state index contributed by atoms with van der Waals surface area (Å²) >= 11 is 12.1. The van der Waals surface area contributed by atoms with E-state index in [-0.39, 0.29) is 0 Å². The maximum absolute atomic E-state index is 6.09. The molecule has 0 aliphatic rings. The Kier molecular flexibility index (Phi) is 4.22. The molecule has 8 heteroatoms. The van der Waals surface area contributed by atoms with E-state index in [9.17, 15) is 0 Å². The van der Waals surface area contributed by atoms with Crippen molar-refractivity contribution in [2.45, 2.75) is 0 Å². The van der Waals surface area contributed by atoms with Crippen LogP contribution < -0.4 is 14.8 Å². The van der Waals surface area contributed by atoms with Crippen molar-refractivity contribution in [3.05, 3.63) is 46.7 Å². The van der Waals surface area contributed by atoms with Crippen LogP contribution >= 0.6 is 23.2 Å². The number of anilines is 2. The van der Waals surface area contributed by atoms with Crippen LogP contribution in [0.4, 0.5) is 11.5 Å². The van der Waals surface area contributed by atoms with Gasteiger partial charge in [-0.3, -0.25) is 0 Å². The fourth-order valence-electron chi connectivity index (χ4n) is 2.83. The molecule has 0 unspecified atom stereocenters. The van der Waals surface area contributed by atoms with Crippen molar-refractivity contribution >= 4 is 56.6 Å². The Balaban J connectivity index is 1.86. The minimum absolute atomic E-state index is 0.466. The van der Waals surface area contributed by atoms with Crippen LogP contribution in [0.25, 0.3) is 21.9 Å². The number of hydrogen-bond donors (Lipinski definition) is 2. The first-order chi connectivity index (χ1) is 12.6. The number of halogens is 2. The molecule has 0 atom stereocenters. The van der Waals surface area contributed by atoms with Crippen LogP contribution in [0, 0.1) is 0 Å². The van der Waals surface area contributed by atoms with Gasteiger partial charge in [-0.15, -0.1) is 0 Å². The summed E-state index contributed by atoms with van der Waals surface area (Å²) in [6, 6.07) is 9.07. The molecule has 2 aromatic carbocycles. The Morgan fingerprint density at radius 2 is 1.73 bits per heavy atom. The summed E-state index contributed by atoms with van der Waals surface area (Å²) in [7, 11) is 3.20. The number of fused-ring (bicyclic) bond motifs is 3. The van der Waals surface area contributed by atoms with Gasteiger partial charge in [-0.1, -0.05) is 23.2 Å². The van der Waals surface area contributed by atoms with Gasteiger partial charge < -0.3 is 19.8 Å². The highest BCUT2D eigenvalue weighted by molar-refractivity contribution is 6.42. The first-order valence-electron chi connectivity index (χ1n) is 7.71. The van der Waals surface area contributed by atoms with Gasteiger partial charge in [0.05, 0.1) is 29.8 Å². The van der Waals surface area contributed by atoms with E-state index in [1.807, 2.05) is 18.2 Å². The molecule has 26 heavy (non-hydrogen) atoms. The van der Waals surface area contributed by atoms with Crippen molar-refractivity contribution < 1.29 is 9.47 Å². The maximum atomic E-state index is 6.09. The fraction of sp³-hybridized carbons (Fsp3) is 0.111. The first kappa shape index (κ1) is 16.8. The predicted molar refractivity (Wildman–Crippen MR) is 104 cm³/mol. The van der Waals surface area contributed by atoms with Crippen LogP contribution in [0.15, 0.2) is 36.7 Å². The zero-order valence-electron chi connectivity index (χ0n) is 13.9. The van der Waals surface area contributed by atoms with Gasteiger partial charge in [0.1, 0.15) is 17.4 Å². The maximum Gasteiger partial charge on any atom is 0.162 e. The number of aromatic nitrogens is 3. The first-order valence-corrected chi connectivity index (χ1v) is 8.46. The largest absolute Gasteiger partial charge is 0.493 e. The van der Waals surface area contributed by atoms with Crippen LogP contribution in [0.2, 0.25) is 10.0 Å². The van der Waals surface area contributed by atoms with E-state index in [4.69, 9.17) is 32.7 Å². The van der Waals surface area contributed by atoms with E-state index >= 15 is 0 Å². The van der Waals surface area contributed by atoms with E-state index < -0.39 is 0 Å². The Labute approximate surface area is 159 Å². The van der Waals surface area contributed by atoms with Crippen LogP contribution in [0.3, 0.4) is 0 Å². The lowest BCUT2D eigenvalue weighted by molar-refractivity contribution is 0.356. The standard InChI is InChI=1S/C18H14Cl2N4O2/c1-25-14-6-10-13(7-15(14)26-2)24-17-16(10)21-8-22-18(17)23-9-3-4-11(19)12(20)5-9/h3-8,24H,1-2H3,(H,21,22,23). The lowest BCUT2D eigenvalue weighted by Crippen LogP contribution is -1.95. The van der Waals surface area contributed by atoms with Gasteiger partial charge in [0.25, 0.3) is 0 Å². The average molecular weight is 389 g/mol. The molecule has 4 rings (SSSR count). The molecule has 0 spiro atoms. The molecule has 0 aliphatic carbocycles. The van der Waals surface area contributed by atoms with Crippen molar-refractivity contribution in [2.75, 3.05) is 19.5 Å². The fourth-order valence-corrected chi connectivity index (χ4v) is 3.12. The van der Waals surface area contributed by atoms with Gasteiger partial charge in [0.2, 0.25) is 0 Å². The molecule has 2 aromatic heterocycles. The molecule has 6 nitrogen and oxygen atoms in total. The van der Waals surface area contributed by atoms with Gasteiger partial charge in [0, 0.05) is 17.1 Å². The Bertz CT molecular complexity index is 1130. The molecule has 2 heterocycles. The molecule has 4 aromatic rings. The third-order valence-electron chi connectivity index (χ3n) is 4.07. The molecule has 0 aliphatic heterocycles. The van der Waals surface area contributed by atoms with Crippen molar-refractivity contribution in [3.63, 3.8) is 0 Å². The quantitative estimate of drug-likeness (QED) is 0.503. The van der Waals surface area contributed by atoms with Crippen LogP contribution in [-0.4, -0.2) is 29.2 Å². The van der Waals surface area contributed by atoms with Gasteiger partial charge in [-0.05, 0) is 24.3 Å². The smallest absolute Gasteiger partial charge is 0.162 e. The normalized spacial score (nSPS) is 11.1. The molecule has 0 amide bonds. The number of ether oxygens (including phenoxy) is 2. The van der Waals surface area contributed by atoms with Crippen molar-refractivity contribution in [1.29, 1.82) is 0 Å². The third-order valence-corrected chi connectivity index (χ3v) is 4.81. The van der Waals surface area contributed by atoms with Crippen LogP contribution in [0.5, 0.6) is 11.5 Å². The predicted octanol–water partition coefficient (Wildman–Crippen LogP) is 5.18. The monoisotopic (exact) mass is 388 g/mol. The van der Waals surface area contributed by atoms with Gasteiger partial charge in [-0.25, -0.2) is 9.97 Å². The third kappa shape index (κ3) is 2.77. The lowest BCUT2D eigenvalue weighted by atomic mass is 10.2. The number of aromatic amines is 1. The zero-order chi connectivity index (χ0) is 18.3. The lowest BCUT2D eigenvalue weighted by Gasteiger charge is -2.07. The molecule has 2 N–H and O–H groups in total. The summed E-state index contributed by atoms with van der Waals surface area (Å²) in [5, 5.41) is 5.12. The van der Waals surface area contributed by atoms with E-state index in [0.29, 0.717) is 27.4 Å². The zero-order valence-corrected chi connectivity index (χ0v) is 15.4. The summed E-state index contributed by atoms with van der Waals surface area (Å²) < 4.78 is 10.8. The molecule has 132 valence electrons. The van der Waals surface area contributed by atoms with Crippen LogP contribution in [0.1, 0.15) is 0 Å². The van der Waals surface area contributed by atoms with Gasteiger partial charge in [-0.2, -0.15) is 0 Å². The average Bonchev–Trinajstić information content (AvgIpc) is 3.02. The van der Waals surface area contributed by atoms with E-state index in [1.54, 1.807) is 26.4 Å². The summed E-state index contributed by atoms with van der Waals surface area (Å²) in [6.07, 6.45) is 1.51. The number of benzene rings is 2. The minimum Gasteiger partial charge on any atom is -0.493 e. The molecule has 0 bridgehead atoms. The summed E-state index contributed by atoms with van der Waals surface area (Å²) in [5.41, 5.74) is 3.19. The van der Waals surface area contributed by atoms with Gasteiger partial charge in [0.15, 0.2) is 17.3 Å². The number of H-pyrrole nitrogens is 1. The molecular formula is C18H14Cl2N4O2. The van der Waals surface area contributed by atoms with E-state index in [1.165, 1.54) is 6.33 Å². The summed E-state index contributed by atoms with van der Waals surface area (Å²) in [6.45, 7) is 0. The Hall–Kier alpha value is -2.70. The van der Waals surface area contributed by atoms with Crippen molar-refractivity contribution in [3.8, 4) is 11.5 Å². The number of rotatable bonds is 4. The SMILES string of the molecule is COc1cc2[nH]c3c(Nc4ccc(Cl)c(Cl)c4)ncnc3c2cc1OC. The second-order valence-electron chi connectivity index (χ2n) is 5.58. The molecule has 0 saturated heterocycles. The van der Waals surface area contributed by atoms with E-state index in [0.717, 1.165) is 27.6 Å². The topological polar surface area (TPSA) is 72.1 Å².